The number of nitrogens with two attached hydrogens (primary N) is 1. The summed E-state index contributed by atoms with van der Waals surface area (Å²) in [6, 6.07) is 3.14. The van der Waals surface area contributed by atoms with Crippen molar-refractivity contribution in [1.82, 2.24) is 4.90 Å². The Bertz CT molecular complexity index is 744. The highest BCUT2D eigenvalue weighted by molar-refractivity contribution is 14.0. The molecule has 0 radical (unpaired) electrons. The van der Waals surface area contributed by atoms with Gasteiger partial charge in [-0.05, 0) is 30.5 Å². The van der Waals surface area contributed by atoms with Crippen LogP contribution in [-0.4, -0.2) is 38.6 Å². The van der Waals surface area contributed by atoms with E-state index in [1.807, 2.05) is 4.90 Å². The second-order valence-electron chi connectivity index (χ2n) is 6.18. The molecule has 26 heavy (non-hydrogen) atoms. The Morgan fingerprint density at radius 2 is 1.77 bits per heavy atom. The van der Waals surface area contributed by atoms with Crippen LogP contribution in [0.5, 0.6) is 0 Å². The molecule has 1 aromatic rings. The molecule has 0 amide bonds. The maximum atomic E-state index is 13.2. The van der Waals surface area contributed by atoms with Crippen molar-refractivity contribution in [3.8, 4) is 0 Å². The van der Waals surface area contributed by atoms with Gasteiger partial charge in [0.25, 0.3) is 0 Å². The topological polar surface area (TPSA) is 75.8 Å². The molecule has 1 saturated heterocycles. The lowest BCUT2D eigenvalue weighted by molar-refractivity contribution is -0.139. The van der Waals surface area contributed by atoms with E-state index in [0.29, 0.717) is 5.96 Å². The lowest BCUT2D eigenvalue weighted by Crippen LogP contribution is -2.38. The fourth-order valence-corrected chi connectivity index (χ4v) is 3.68. The fourth-order valence-electron chi connectivity index (χ4n) is 2.79. The van der Waals surface area contributed by atoms with Crippen LogP contribution in [-0.2, 0) is 22.6 Å². The third-order valence-electron chi connectivity index (χ3n) is 4.10. The van der Waals surface area contributed by atoms with Gasteiger partial charge in [-0.3, -0.25) is 0 Å². The largest absolute Gasteiger partial charge is 0.417 e. The van der Waals surface area contributed by atoms with Crippen molar-refractivity contribution in [2.24, 2.45) is 10.7 Å². The summed E-state index contributed by atoms with van der Waals surface area (Å²) in [6.07, 6.45) is 0.285. The summed E-state index contributed by atoms with van der Waals surface area (Å²) in [6.45, 7) is 1.54. The molecule has 0 aliphatic carbocycles. The highest BCUT2D eigenvalue weighted by atomic mass is 127. The maximum absolute atomic E-state index is 13.2. The molecular weight excluding hydrogens is 482 g/mol. The molecule has 1 aromatic carbocycles. The quantitative estimate of drug-likeness (QED) is 0.388. The van der Waals surface area contributed by atoms with E-state index in [9.17, 15) is 21.6 Å². The van der Waals surface area contributed by atoms with Crippen LogP contribution < -0.4 is 5.73 Å². The number of guanidine groups is 1. The molecule has 2 N–H and O–H groups in total. The van der Waals surface area contributed by atoms with Gasteiger partial charge < -0.3 is 10.6 Å². The van der Waals surface area contributed by atoms with Gasteiger partial charge in [-0.1, -0.05) is 18.9 Å². The van der Waals surface area contributed by atoms with Crippen molar-refractivity contribution in [2.75, 3.05) is 19.3 Å². The van der Waals surface area contributed by atoms with Crippen molar-refractivity contribution in [2.45, 2.75) is 43.3 Å². The van der Waals surface area contributed by atoms with Crippen LogP contribution in [0.2, 0.25) is 0 Å². The number of hydrogen-bond acceptors (Lipinski definition) is 3. The lowest BCUT2D eigenvalue weighted by Gasteiger charge is -2.21. The average Bonchev–Trinajstić information content (AvgIpc) is 2.80. The Balaban J connectivity index is 0.00000338. The number of rotatable bonds is 3. The molecule has 0 atom stereocenters. The summed E-state index contributed by atoms with van der Waals surface area (Å²) in [5.41, 5.74) is 5.04. The van der Waals surface area contributed by atoms with Crippen molar-refractivity contribution in [1.29, 1.82) is 0 Å². The molecule has 10 heteroatoms. The molecule has 5 nitrogen and oxygen atoms in total. The maximum Gasteiger partial charge on any atom is 0.417 e. The first kappa shape index (κ1) is 23.0. The minimum absolute atomic E-state index is 0. The summed E-state index contributed by atoms with van der Waals surface area (Å²) in [5, 5.41) is 0. The minimum atomic E-state index is -4.76. The van der Waals surface area contributed by atoms with Crippen molar-refractivity contribution in [3.05, 3.63) is 29.3 Å². The number of benzene rings is 1. The number of aliphatic imine (C=N–C) groups is 1. The number of nitrogens with zero attached hydrogens (tertiary/aromatic N) is 2. The summed E-state index contributed by atoms with van der Waals surface area (Å²) < 4.78 is 62.6. The first-order valence-electron chi connectivity index (χ1n) is 8.04. The van der Waals surface area contributed by atoms with E-state index < -0.39 is 26.5 Å². The zero-order valence-electron chi connectivity index (χ0n) is 14.4. The van der Waals surface area contributed by atoms with E-state index in [4.69, 9.17) is 5.73 Å². The minimum Gasteiger partial charge on any atom is -0.370 e. The van der Waals surface area contributed by atoms with Gasteiger partial charge in [0.15, 0.2) is 15.8 Å². The van der Waals surface area contributed by atoms with E-state index in [-0.39, 0.29) is 36.1 Å². The van der Waals surface area contributed by atoms with E-state index in [0.717, 1.165) is 57.2 Å². The monoisotopic (exact) mass is 505 g/mol. The molecule has 1 heterocycles. The van der Waals surface area contributed by atoms with Gasteiger partial charge in [0.1, 0.15) is 0 Å². The van der Waals surface area contributed by atoms with Crippen LogP contribution in [0.1, 0.15) is 36.8 Å². The van der Waals surface area contributed by atoms with Crippen LogP contribution in [0.15, 0.2) is 28.1 Å². The smallest absolute Gasteiger partial charge is 0.370 e. The van der Waals surface area contributed by atoms with Crippen molar-refractivity contribution >= 4 is 39.8 Å². The van der Waals surface area contributed by atoms with Gasteiger partial charge in [0.05, 0.1) is 17.0 Å². The van der Waals surface area contributed by atoms with E-state index in [1.165, 1.54) is 6.07 Å². The zero-order chi connectivity index (χ0) is 18.7. The van der Waals surface area contributed by atoms with E-state index in [1.54, 1.807) is 0 Å². The van der Waals surface area contributed by atoms with Crippen LogP contribution in [0.25, 0.3) is 0 Å². The Hall–Kier alpha value is -1.04. The van der Waals surface area contributed by atoms with Crippen LogP contribution in [0, 0.1) is 0 Å². The molecule has 0 spiro atoms. The number of hydrogen-bond donors (Lipinski definition) is 1. The van der Waals surface area contributed by atoms with E-state index in [2.05, 4.69) is 4.99 Å². The molecule has 1 fully saturated rings. The molecule has 0 bridgehead atoms. The standard InChI is InChI=1S/C16H22F3N3O2S.HI/c1-25(23,24)14-7-6-12(10-13(14)16(17,18)19)11-21-15(20)22-8-4-2-3-5-9-22;/h6-7,10H,2-5,8-9,11H2,1H3,(H2,20,21);1H. The second-order valence-corrected chi connectivity index (χ2v) is 8.16. The first-order valence-corrected chi connectivity index (χ1v) is 9.93. The third kappa shape index (κ3) is 6.29. The molecule has 1 aliphatic rings. The van der Waals surface area contributed by atoms with Crippen molar-refractivity contribution < 1.29 is 21.6 Å². The van der Waals surface area contributed by atoms with Gasteiger partial charge in [0, 0.05) is 19.3 Å². The van der Waals surface area contributed by atoms with Gasteiger partial charge >= 0.3 is 6.18 Å². The number of likely N-dealkylation sites (tertiary alicyclic amines) is 1. The predicted molar refractivity (Wildman–Crippen MR) is 105 cm³/mol. The fraction of sp³-hybridized carbons (Fsp3) is 0.562. The Morgan fingerprint density at radius 3 is 2.27 bits per heavy atom. The average molecular weight is 505 g/mol. The molecule has 0 aromatic heterocycles. The molecule has 2 rings (SSSR count). The van der Waals surface area contributed by atoms with Gasteiger partial charge in [0.2, 0.25) is 0 Å². The van der Waals surface area contributed by atoms with Gasteiger partial charge in [-0.15, -0.1) is 24.0 Å². The van der Waals surface area contributed by atoms with Crippen molar-refractivity contribution in [3.63, 3.8) is 0 Å². The lowest BCUT2D eigenvalue weighted by atomic mass is 10.1. The summed E-state index contributed by atoms with van der Waals surface area (Å²) in [4.78, 5) is 5.38. The third-order valence-corrected chi connectivity index (χ3v) is 5.26. The zero-order valence-corrected chi connectivity index (χ0v) is 17.6. The highest BCUT2D eigenvalue weighted by Gasteiger charge is 2.36. The van der Waals surface area contributed by atoms with Crippen LogP contribution in [0.4, 0.5) is 13.2 Å². The van der Waals surface area contributed by atoms with E-state index >= 15 is 0 Å². The van der Waals surface area contributed by atoms with Crippen LogP contribution in [0.3, 0.4) is 0 Å². The molecule has 0 saturated carbocycles. The Morgan fingerprint density at radius 1 is 1.19 bits per heavy atom. The molecular formula is C16H23F3IN3O2S. The molecule has 1 aliphatic heterocycles. The number of alkyl halides is 3. The Kier molecular flexibility index (Phi) is 8.18. The number of sulfone groups is 1. The second kappa shape index (κ2) is 9.25. The first-order chi connectivity index (χ1) is 11.6. The summed E-state index contributed by atoms with van der Waals surface area (Å²) in [5.74, 6) is 0.308. The normalized spacial score (nSPS) is 16.8. The van der Waals surface area contributed by atoms with Gasteiger partial charge in [-0.25, -0.2) is 13.4 Å². The summed E-state index contributed by atoms with van der Waals surface area (Å²) >= 11 is 0. The van der Waals surface area contributed by atoms with Gasteiger partial charge in [-0.2, -0.15) is 13.2 Å². The molecule has 0 unspecified atom stereocenters. The number of halogens is 4. The molecule has 148 valence electrons. The SMILES string of the molecule is CS(=O)(=O)c1ccc(CN=C(N)N2CCCCCC2)cc1C(F)(F)F.I. The van der Waals surface area contributed by atoms with Crippen LogP contribution >= 0.6 is 24.0 Å². The Labute approximate surface area is 168 Å². The highest BCUT2D eigenvalue weighted by Crippen LogP contribution is 2.35. The predicted octanol–water partition coefficient (Wildman–Crippen LogP) is 3.42. The summed E-state index contributed by atoms with van der Waals surface area (Å²) in [7, 11) is -3.97.